The molecule has 0 saturated carbocycles. The quantitative estimate of drug-likeness (QED) is 0.733. The molecule has 1 aromatic rings. The first-order valence-electron chi connectivity index (χ1n) is 6.85. The van der Waals surface area contributed by atoms with Crippen molar-refractivity contribution >= 4 is 30.2 Å². The fourth-order valence-electron chi connectivity index (χ4n) is 1.88. The van der Waals surface area contributed by atoms with Gasteiger partial charge in [0.15, 0.2) is 0 Å². The first-order valence-corrected chi connectivity index (χ1v) is 6.85. The van der Waals surface area contributed by atoms with Crippen molar-refractivity contribution in [2.75, 3.05) is 5.32 Å². The van der Waals surface area contributed by atoms with Crippen LogP contribution in [0.3, 0.4) is 0 Å². The van der Waals surface area contributed by atoms with Gasteiger partial charge in [-0.15, -0.1) is 5.46 Å². The van der Waals surface area contributed by atoms with Gasteiger partial charge in [-0.3, -0.25) is 10.1 Å². The summed E-state index contributed by atoms with van der Waals surface area (Å²) in [5.41, 5.74) is -1.67. The van der Waals surface area contributed by atoms with Crippen molar-refractivity contribution < 1.29 is 83.8 Å². The topological polar surface area (TPSA) is 75.6 Å². The van der Waals surface area contributed by atoms with Crippen molar-refractivity contribution in [1.29, 1.82) is 0 Å². The Balaban J connectivity index is 0.00000529. The first kappa shape index (κ1) is 23.5. The summed E-state index contributed by atoms with van der Waals surface area (Å²) in [6.45, 7) is 0.957. The van der Waals surface area contributed by atoms with E-state index in [1.54, 1.807) is 20.8 Å². The summed E-state index contributed by atoms with van der Waals surface area (Å²) in [5.74, 6) is -1.26. The smallest absolute Gasteiger partial charge is 0.481 e. The van der Waals surface area contributed by atoms with Gasteiger partial charge in [0.05, 0.1) is 6.42 Å². The predicted octanol–water partition coefficient (Wildman–Crippen LogP) is 0.0275. The van der Waals surface area contributed by atoms with Crippen LogP contribution in [0.1, 0.15) is 31.9 Å². The zero-order valence-electron chi connectivity index (χ0n) is 14.2. The van der Waals surface area contributed by atoms with E-state index < -0.39 is 36.5 Å². The van der Waals surface area contributed by atoms with E-state index in [4.69, 9.17) is 9.84 Å². The average Bonchev–Trinajstić information content (AvgIpc) is 2.29. The number of ether oxygens (including phenoxy) is 1. The average molecular weight is 371 g/mol. The molecule has 0 atom stereocenters. The van der Waals surface area contributed by atoms with Crippen molar-refractivity contribution in [3.05, 3.63) is 23.3 Å². The summed E-state index contributed by atoms with van der Waals surface area (Å²) < 4.78 is 44.0. The van der Waals surface area contributed by atoms with Crippen molar-refractivity contribution in [1.82, 2.24) is 0 Å². The Labute approximate surface area is 180 Å². The van der Waals surface area contributed by atoms with Crippen molar-refractivity contribution in [2.45, 2.75) is 39.7 Å². The molecule has 1 amide bonds. The third-order valence-corrected chi connectivity index (χ3v) is 2.89. The maximum Gasteiger partial charge on any atom is 1.00 e. The van der Waals surface area contributed by atoms with Gasteiger partial charge < -0.3 is 22.8 Å². The van der Waals surface area contributed by atoms with Crippen LogP contribution >= 0.6 is 0 Å². The maximum atomic E-state index is 13.0. The molecule has 128 valence electrons. The third-order valence-electron chi connectivity index (χ3n) is 2.89. The van der Waals surface area contributed by atoms with Crippen molar-refractivity contribution in [3.8, 4) is 0 Å². The number of benzene rings is 1. The Bertz CT molecular complexity index is 630. The molecule has 10 heteroatoms. The number of carboxylic acids is 1. The van der Waals surface area contributed by atoms with Gasteiger partial charge in [0.25, 0.3) is 0 Å². The standard InChI is InChI=1S/C14H18BF3NO4.K/c1-8-9(6-12(20)21)5-10(15(16,17)18)7-11(8)19-13(22)23-14(2,3)4;/h5,7H,6H2,1-4H3,(H,19,22)(H,20,21);/q-1;+1. The molecule has 5 nitrogen and oxygen atoms in total. The van der Waals surface area contributed by atoms with Crippen LogP contribution in [0.5, 0.6) is 0 Å². The number of amides is 1. The summed E-state index contributed by atoms with van der Waals surface area (Å²) in [6, 6.07) is 1.58. The Hall–Kier alpha value is -0.549. The summed E-state index contributed by atoms with van der Waals surface area (Å²) in [5, 5.41) is 11.1. The number of hydrogen-bond acceptors (Lipinski definition) is 3. The SMILES string of the molecule is Cc1c(CC(=O)O)cc([B-](F)(F)F)cc1NC(=O)OC(C)(C)C.[K+]. The van der Waals surface area contributed by atoms with Crippen LogP contribution in [0, 0.1) is 6.92 Å². The number of halogens is 3. The molecule has 0 heterocycles. The van der Waals surface area contributed by atoms with E-state index in [0.717, 1.165) is 12.1 Å². The number of hydrogen-bond donors (Lipinski definition) is 2. The van der Waals surface area contributed by atoms with Crippen LogP contribution in [0.4, 0.5) is 23.4 Å². The van der Waals surface area contributed by atoms with E-state index in [1.807, 2.05) is 0 Å². The molecule has 0 saturated heterocycles. The summed E-state index contributed by atoms with van der Waals surface area (Å²) in [6.07, 6.45) is -1.48. The Kier molecular flexibility index (Phi) is 8.51. The minimum Gasteiger partial charge on any atom is -0.481 e. The minimum absolute atomic E-state index is 0. The molecule has 0 radical (unpaired) electrons. The van der Waals surface area contributed by atoms with Gasteiger partial charge in [-0.2, -0.15) is 0 Å². The Morgan fingerprint density at radius 2 is 1.79 bits per heavy atom. The molecular formula is C14H18BF3KNO4. The molecule has 2 N–H and O–H groups in total. The molecule has 24 heavy (non-hydrogen) atoms. The molecule has 0 aliphatic rings. The maximum absolute atomic E-state index is 13.0. The van der Waals surface area contributed by atoms with E-state index in [-0.39, 0.29) is 68.2 Å². The van der Waals surface area contributed by atoms with Gasteiger partial charge in [-0.1, -0.05) is 12.1 Å². The molecular weight excluding hydrogens is 353 g/mol. The van der Waals surface area contributed by atoms with Crippen LogP contribution < -0.4 is 62.2 Å². The number of aliphatic carboxylic acids is 1. The van der Waals surface area contributed by atoms with Crippen LogP contribution in [-0.2, 0) is 16.0 Å². The van der Waals surface area contributed by atoms with Crippen LogP contribution in [0.15, 0.2) is 12.1 Å². The number of rotatable bonds is 4. The normalized spacial score (nSPS) is 11.5. The summed E-state index contributed by atoms with van der Waals surface area (Å²) in [7, 11) is 0. The zero-order chi connectivity index (χ0) is 18.0. The number of nitrogens with one attached hydrogen (secondary N) is 1. The van der Waals surface area contributed by atoms with E-state index in [2.05, 4.69) is 5.32 Å². The molecule has 0 aliphatic carbocycles. The van der Waals surface area contributed by atoms with Gasteiger partial charge in [-0.05, 0) is 38.8 Å². The van der Waals surface area contributed by atoms with Gasteiger partial charge >= 0.3 is 70.4 Å². The fourth-order valence-corrected chi connectivity index (χ4v) is 1.88. The van der Waals surface area contributed by atoms with Crippen LogP contribution in [0.2, 0.25) is 0 Å². The molecule has 1 rings (SSSR count). The number of carbonyl (C=O) groups excluding carboxylic acids is 1. The second kappa shape index (κ2) is 8.70. The van der Waals surface area contributed by atoms with Crippen molar-refractivity contribution in [2.24, 2.45) is 0 Å². The van der Waals surface area contributed by atoms with E-state index >= 15 is 0 Å². The van der Waals surface area contributed by atoms with Gasteiger partial charge in [0, 0.05) is 5.69 Å². The van der Waals surface area contributed by atoms with Crippen LogP contribution in [0.25, 0.3) is 0 Å². The summed E-state index contributed by atoms with van der Waals surface area (Å²) in [4.78, 5) is 22.6. The molecule has 0 spiro atoms. The number of anilines is 1. The molecule has 0 aromatic heterocycles. The van der Waals surface area contributed by atoms with E-state index in [1.165, 1.54) is 6.92 Å². The number of carbonyl (C=O) groups is 2. The van der Waals surface area contributed by atoms with Crippen LogP contribution in [-0.4, -0.2) is 29.7 Å². The molecule has 1 aromatic carbocycles. The first-order chi connectivity index (χ1) is 10.3. The molecule has 0 aliphatic heterocycles. The van der Waals surface area contributed by atoms with E-state index in [9.17, 15) is 22.5 Å². The number of carboxylic acid groups (broad SMARTS) is 1. The zero-order valence-corrected chi connectivity index (χ0v) is 17.4. The Morgan fingerprint density at radius 1 is 1.25 bits per heavy atom. The predicted molar refractivity (Wildman–Crippen MR) is 81.1 cm³/mol. The summed E-state index contributed by atoms with van der Waals surface area (Å²) >= 11 is 0. The molecule has 0 fully saturated rings. The minimum atomic E-state index is -5.33. The van der Waals surface area contributed by atoms with Crippen molar-refractivity contribution in [3.63, 3.8) is 0 Å². The Morgan fingerprint density at radius 3 is 2.21 bits per heavy atom. The van der Waals surface area contributed by atoms with Gasteiger partial charge in [0.1, 0.15) is 5.60 Å². The third kappa shape index (κ3) is 7.56. The molecule has 0 bridgehead atoms. The van der Waals surface area contributed by atoms with Gasteiger partial charge in [0.2, 0.25) is 0 Å². The second-order valence-corrected chi connectivity index (χ2v) is 6.12. The largest absolute Gasteiger partial charge is 1.00 e. The second-order valence-electron chi connectivity index (χ2n) is 6.12. The van der Waals surface area contributed by atoms with Gasteiger partial charge in [-0.25, -0.2) is 4.79 Å². The fraction of sp³-hybridized carbons (Fsp3) is 0.429. The molecule has 0 unspecified atom stereocenters. The van der Waals surface area contributed by atoms with E-state index in [0.29, 0.717) is 0 Å². The monoisotopic (exact) mass is 371 g/mol.